The van der Waals surface area contributed by atoms with Gasteiger partial charge in [-0.05, 0) is 43.9 Å². The van der Waals surface area contributed by atoms with E-state index in [4.69, 9.17) is 16.3 Å². The Morgan fingerprint density at radius 2 is 1.78 bits per heavy atom. The Hall–Kier alpha value is -2.53. The fourth-order valence-electron chi connectivity index (χ4n) is 4.14. The Balaban J connectivity index is 1.75. The van der Waals surface area contributed by atoms with E-state index in [1.54, 1.807) is 17.0 Å². The van der Waals surface area contributed by atoms with E-state index in [1.807, 2.05) is 50.2 Å². The average Bonchev–Trinajstić information content (AvgIpc) is 2.80. The number of hydrogen-bond donors (Lipinski definition) is 1. The predicted octanol–water partition coefficient (Wildman–Crippen LogP) is 5.28. The molecule has 0 unspecified atom stereocenters. The number of halogens is 1. The van der Waals surface area contributed by atoms with E-state index in [-0.39, 0.29) is 24.5 Å². The second-order valence-electron chi connectivity index (χ2n) is 8.49. The van der Waals surface area contributed by atoms with Gasteiger partial charge in [0.15, 0.2) is 6.61 Å². The van der Waals surface area contributed by atoms with Crippen LogP contribution in [0.1, 0.15) is 56.6 Å². The molecule has 0 spiro atoms. The monoisotopic (exact) mass is 456 g/mol. The first-order chi connectivity index (χ1) is 15.5. The number of nitrogens with zero attached hydrogens (tertiary/aromatic N) is 1. The molecule has 0 bridgehead atoms. The van der Waals surface area contributed by atoms with Crippen LogP contribution in [0.5, 0.6) is 5.75 Å². The van der Waals surface area contributed by atoms with Crippen molar-refractivity contribution in [3.63, 3.8) is 0 Å². The standard InChI is InChI=1S/C26H33ClN2O3/c1-3-23(26(31)28-21-9-5-4-6-10-21)29(17-20-15-13-19(2)14-16-20)25(30)18-32-24-12-8-7-11-22(24)27/h7-8,11-16,21,23H,3-6,9-10,17-18H2,1-2H3,(H,28,31)/t23-/m0/s1. The normalized spacial score (nSPS) is 15.1. The van der Waals surface area contributed by atoms with Crippen molar-refractivity contribution < 1.29 is 14.3 Å². The number of carbonyl (C=O) groups excluding carboxylic acids is 2. The third kappa shape index (κ3) is 6.73. The maximum absolute atomic E-state index is 13.3. The van der Waals surface area contributed by atoms with Crippen molar-refractivity contribution in [2.75, 3.05) is 6.61 Å². The van der Waals surface area contributed by atoms with Crippen molar-refractivity contribution in [2.45, 2.75) is 71.0 Å². The number of amides is 2. The first-order valence-electron chi connectivity index (χ1n) is 11.5. The minimum absolute atomic E-state index is 0.0856. The Morgan fingerprint density at radius 1 is 1.09 bits per heavy atom. The molecule has 1 aliphatic carbocycles. The molecule has 1 saturated carbocycles. The largest absolute Gasteiger partial charge is 0.482 e. The fourth-order valence-corrected chi connectivity index (χ4v) is 4.33. The van der Waals surface area contributed by atoms with Gasteiger partial charge in [-0.3, -0.25) is 9.59 Å². The van der Waals surface area contributed by atoms with Gasteiger partial charge in [0.05, 0.1) is 5.02 Å². The molecule has 0 aliphatic heterocycles. The summed E-state index contributed by atoms with van der Waals surface area (Å²) in [7, 11) is 0. The molecule has 0 heterocycles. The van der Waals surface area contributed by atoms with Crippen LogP contribution in [-0.2, 0) is 16.1 Å². The molecule has 3 rings (SSSR count). The van der Waals surface area contributed by atoms with Crippen molar-refractivity contribution in [3.05, 3.63) is 64.7 Å². The number of aryl methyl sites for hydroxylation is 1. The number of benzene rings is 2. The second kappa shape index (κ2) is 11.9. The zero-order valence-electron chi connectivity index (χ0n) is 19.0. The predicted molar refractivity (Wildman–Crippen MR) is 128 cm³/mol. The number of hydrogen-bond acceptors (Lipinski definition) is 3. The third-order valence-corrected chi connectivity index (χ3v) is 6.31. The Labute approximate surface area is 196 Å². The van der Waals surface area contributed by atoms with Crippen LogP contribution in [-0.4, -0.2) is 35.4 Å². The minimum atomic E-state index is -0.555. The number of carbonyl (C=O) groups is 2. The molecular formula is C26H33ClN2O3. The molecule has 2 amide bonds. The van der Waals surface area contributed by atoms with Crippen molar-refractivity contribution in [1.29, 1.82) is 0 Å². The van der Waals surface area contributed by atoms with E-state index in [0.717, 1.165) is 36.8 Å². The summed E-state index contributed by atoms with van der Waals surface area (Å²) < 4.78 is 5.71. The van der Waals surface area contributed by atoms with Gasteiger partial charge < -0.3 is 15.0 Å². The van der Waals surface area contributed by atoms with Crippen LogP contribution in [0.15, 0.2) is 48.5 Å². The van der Waals surface area contributed by atoms with Crippen LogP contribution in [0.25, 0.3) is 0 Å². The van der Waals surface area contributed by atoms with Crippen molar-refractivity contribution in [1.82, 2.24) is 10.2 Å². The maximum atomic E-state index is 13.3. The maximum Gasteiger partial charge on any atom is 0.261 e. The smallest absolute Gasteiger partial charge is 0.261 e. The first kappa shape index (κ1) is 24.1. The van der Waals surface area contributed by atoms with Crippen LogP contribution in [0, 0.1) is 6.92 Å². The molecule has 0 saturated heterocycles. The molecule has 32 heavy (non-hydrogen) atoms. The van der Waals surface area contributed by atoms with Gasteiger partial charge in [0, 0.05) is 12.6 Å². The van der Waals surface area contributed by atoms with Gasteiger partial charge in [-0.1, -0.05) is 79.7 Å². The number of ether oxygens (including phenoxy) is 1. The van der Waals surface area contributed by atoms with Crippen LogP contribution < -0.4 is 10.1 Å². The van der Waals surface area contributed by atoms with Gasteiger partial charge in [-0.2, -0.15) is 0 Å². The summed E-state index contributed by atoms with van der Waals surface area (Å²) in [4.78, 5) is 28.1. The second-order valence-corrected chi connectivity index (χ2v) is 8.90. The van der Waals surface area contributed by atoms with Crippen LogP contribution in [0.3, 0.4) is 0 Å². The molecule has 6 heteroatoms. The average molecular weight is 457 g/mol. The van der Waals surface area contributed by atoms with E-state index >= 15 is 0 Å². The van der Waals surface area contributed by atoms with E-state index in [2.05, 4.69) is 5.32 Å². The lowest BCUT2D eigenvalue weighted by molar-refractivity contribution is -0.143. The summed E-state index contributed by atoms with van der Waals surface area (Å²) in [6.45, 7) is 4.14. The quantitative estimate of drug-likeness (QED) is 0.558. The SMILES string of the molecule is CC[C@@H](C(=O)NC1CCCCC1)N(Cc1ccc(C)cc1)C(=O)COc1ccccc1Cl. The van der Waals surface area contributed by atoms with Crippen LogP contribution in [0.4, 0.5) is 0 Å². The van der Waals surface area contributed by atoms with Crippen molar-refractivity contribution >= 4 is 23.4 Å². The first-order valence-corrected chi connectivity index (χ1v) is 11.9. The molecule has 172 valence electrons. The summed E-state index contributed by atoms with van der Waals surface area (Å²) >= 11 is 6.17. The Morgan fingerprint density at radius 3 is 2.44 bits per heavy atom. The summed E-state index contributed by atoms with van der Waals surface area (Å²) in [5.74, 6) is 0.131. The summed E-state index contributed by atoms with van der Waals surface area (Å²) in [5.41, 5.74) is 2.13. The highest BCUT2D eigenvalue weighted by atomic mass is 35.5. The van der Waals surface area contributed by atoms with Gasteiger partial charge in [0.25, 0.3) is 5.91 Å². The summed E-state index contributed by atoms with van der Waals surface area (Å²) in [6.07, 6.45) is 6.04. The molecule has 1 atom stereocenters. The molecule has 2 aromatic carbocycles. The third-order valence-electron chi connectivity index (χ3n) is 6.00. The molecule has 0 aromatic heterocycles. The van der Waals surface area contributed by atoms with Gasteiger partial charge in [0.1, 0.15) is 11.8 Å². The van der Waals surface area contributed by atoms with Crippen LogP contribution in [0.2, 0.25) is 5.02 Å². The molecule has 2 aromatic rings. The van der Waals surface area contributed by atoms with E-state index in [1.165, 1.54) is 6.42 Å². The van der Waals surface area contributed by atoms with E-state index in [0.29, 0.717) is 23.7 Å². The van der Waals surface area contributed by atoms with E-state index < -0.39 is 6.04 Å². The van der Waals surface area contributed by atoms with Crippen molar-refractivity contribution in [2.24, 2.45) is 0 Å². The van der Waals surface area contributed by atoms with Gasteiger partial charge >= 0.3 is 0 Å². The molecule has 5 nitrogen and oxygen atoms in total. The Bertz CT molecular complexity index is 894. The van der Waals surface area contributed by atoms with Gasteiger partial charge in [-0.25, -0.2) is 0 Å². The van der Waals surface area contributed by atoms with Crippen molar-refractivity contribution in [3.8, 4) is 5.75 Å². The summed E-state index contributed by atoms with van der Waals surface area (Å²) in [6, 6.07) is 14.7. The molecule has 1 fully saturated rings. The zero-order chi connectivity index (χ0) is 22.9. The molecule has 1 aliphatic rings. The lowest BCUT2D eigenvalue weighted by atomic mass is 9.95. The highest BCUT2D eigenvalue weighted by Gasteiger charge is 2.30. The highest BCUT2D eigenvalue weighted by molar-refractivity contribution is 6.32. The topological polar surface area (TPSA) is 58.6 Å². The number of rotatable bonds is 9. The van der Waals surface area contributed by atoms with Crippen LogP contribution >= 0.6 is 11.6 Å². The lowest BCUT2D eigenvalue weighted by Crippen LogP contribution is -2.52. The van der Waals surface area contributed by atoms with Gasteiger partial charge in [-0.15, -0.1) is 0 Å². The van der Waals surface area contributed by atoms with E-state index in [9.17, 15) is 9.59 Å². The molecular weight excluding hydrogens is 424 g/mol. The zero-order valence-corrected chi connectivity index (χ0v) is 19.7. The highest BCUT2D eigenvalue weighted by Crippen LogP contribution is 2.24. The number of para-hydroxylation sites is 1. The molecule has 1 N–H and O–H groups in total. The Kier molecular flexibility index (Phi) is 8.98. The minimum Gasteiger partial charge on any atom is -0.482 e. The lowest BCUT2D eigenvalue weighted by Gasteiger charge is -2.32. The fraction of sp³-hybridized carbons (Fsp3) is 0.462. The molecule has 0 radical (unpaired) electrons. The summed E-state index contributed by atoms with van der Waals surface area (Å²) in [5, 5.41) is 3.64. The number of nitrogens with one attached hydrogen (secondary N) is 1. The van der Waals surface area contributed by atoms with Gasteiger partial charge in [0.2, 0.25) is 5.91 Å².